The molecule has 0 unspecified atom stereocenters. The Kier molecular flexibility index (Phi) is 17.4. The van der Waals surface area contributed by atoms with Gasteiger partial charge >= 0.3 is 5.97 Å². The first kappa shape index (κ1) is 61.3. The molecule has 4 heterocycles. The molecule has 6 aromatic rings. The monoisotopic (exact) mass is 1290 g/mol. The topological polar surface area (TPSA) is 141 Å². The highest BCUT2D eigenvalue weighted by molar-refractivity contribution is 9.10. The van der Waals surface area contributed by atoms with Gasteiger partial charge in [-0.25, -0.2) is 14.8 Å². The van der Waals surface area contributed by atoms with Crippen LogP contribution in [0.25, 0.3) is 44.8 Å². The number of nitrogens with zero attached hydrogens (tertiary/aromatic N) is 4. The van der Waals surface area contributed by atoms with E-state index in [0.29, 0.717) is 65.3 Å². The maximum absolute atomic E-state index is 15.4. The van der Waals surface area contributed by atoms with E-state index in [-0.39, 0.29) is 103 Å². The highest BCUT2D eigenvalue weighted by Gasteiger charge is 2.55. The van der Waals surface area contributed by atoms with Gasteiger partial charge in [0, 0.05) is 73.5 Å². The lowest BCUT2D eigenvalue weighted by Gasteiger charge is -2.29. The van der Waals surface area contributed by atoms with Crippen LogP contribution in [0.15, 0.2) is 94.1 Å². The van der Waals surface area contributed by atoms with Gasteiger partial charge in [-0.1, -0.05) is 110 Å². The third kappa shape index (κ3) is 11.4. The largest absolute Gasteiger partial charge is 0.342 e. The van der Waals surface area contributed by atoms with Crippen LogP contribution in [0, 0.1) is 34.5 Å². The summed E-state index contributed by atoms with van der Waals surface area (Å²) in [5.74, 6) is -4.84. The van der Waals surface area contributed by atoms with E-state index in [4.69, 9.17) is 4.84 Å². The molecule has 3 amide bonds. The maximum atomic E-state index is 15.4. The van der Waals surface area contributed by atoms with Crippen molar-refractivity contribution in [1.29, 1.82) is 0 Å². The lowest BCUT2D eigenvalue weighted by Crippen LogP contribution is -2.38. The van der Waals surface area contributed by atoms with E-state index >= 15 is 17.6 Å². The molecule has 4 aromatic carbocycles. The van der Waals surface area contributed by atoms with E-state index in [0.717, 1.165) is 55.1 Å². The summed E-state index contributed by atoms with van der Waals surface area (Å²) in [5, 5.41) is 0.605. The Morgan fingerprint density at radius 3 is 1.54 bits per heavy atom. The summed E-state index contributed by atoms with van der Waals surface area (Å²) in [6.07, 6.45) is 14.8. The standard InChI is InChI=1S/C29H30BrF2N3O.C23H19BrF2N2.C11H17NO4.2H2S/c1-4-19(16(2)3)27(36)35-15-28(9-10-28)13-25(35)26-33-14-24(34-26)17-5-7-20-21-8-6-18(30)12-23(21)29(31,32)22(20)11-17;24-15-2-4-17-16-3-1-13(9-18(16)23(25,26)19(17)10-15)20-12-27-21(28-20)14-5-6-22(11-14)7-8-22;1-4-8(7(2)3)11(15)16-12-9(13)5-6-10(12)14;;/h5-8,11-12,14,16,19,25H,4,9-10,13,15H2,1-3H3,(H,33,34);1-4,9-10,12,14H,5-8,11H2,(H,27,28);7-8H,4-6H2,1-3H3;2*1H2/t19-,25-;14-;8-;;/m000../s1. The number of imidazole rings is 2. The maximum Gasteiger partial charge on any atom is 0.336 e. The summed E-state index contributed by atoms with van der Waals surface area (Å²) in [4.78, 5) is 70.6. The molecule has 11 nitrogen and oxygen atoms in total. The molecule has 2 saturated heterocycles. The zero-order chi connectivity index (χ0) is 56.8. The van der Waals surface area contributed by atoms with Crippen LogP contribution in [-0.4, -0.2) is 60.1 Å². The fourth-order valence-corrected chi connectivity index (χ4v) is 13.8. The smallest absolute Gasteiger partial charge is 0.336 e. The minimum Gasteiger partial charge on any atom is -0.342 e. The zero-order valence-electron chi connectivity index (χ0n) is 46.8. The van der Waals surface area contributed by atoms with Crippen molar-refractivity contribution in [3.05, 3.63) is 128 Å². The van der Waals surface area contributed by atoms with E-state index in [1.165, 1.54) is 44.2 Å². The highest BCUT2D eigenvalue weighted by Crippen LogP contribution is 2.62. The van der Waals surface area contributed by atoms with Crippen molar-refractivity contribution in [2.45, 2.75) is 142 Å². The first-order valence-electron chi connectivity index (χ1n) is 28.2. The van der Waals surface area contributed by atoms with E-state index in [2.05, 4.69) is 72.6 Å². The number of carbonyl (C=O) groups excluding carboxylic acids is 4. The van der Waals surface area contributed by atoms with Gasteiger partial charge in [0.15, 0.2) is 0 Å². The Morgan fingerprint density at radius 2 is 1.09 bits per heavy atom. The lowest BCUT2D eigenvalue weighted by molar-refractivity contribution is -0.201. The fraction of sp³-hybridized carbons (Fsp3) is 0.460. The lowest BCUT2D eigenvalue weighted by atomic mass is 9.91. The summed E-state index contributed by atoms with van der Waals surface area (Å²) in [6.45, 7) is 12.8. The zero-order valence-corrected chi connectivity index (χ0v) is 52.0. The first-order chi connectivity index (χ1) is 38.1. The predicted molar refractivity (Wildman–Crippen MR) is 324 cm³/mol. The van der Waals surface area contributed by atoms with Crippen LogP contribution in [0.3, 0.4) is 0 Å². The second-order valence-electron chi connectivity index (χ2n) is 24.0. The van der Waals surface area contributed by atoms with Crippen molar-refractivity contribution in [3.8, 4) is 44.8 Å². The molecule has 13 rings (SSSR count). The minimum absolute atomic E-state index is 0. The Morgan fingerprint density at radius 1 is 0.634 bits per heavy atom. The number of imide groups is 1. The van der Waals surface area contributed by atoms with E-state index in [9.17, 15) is 19.2 Å². The SMILES string of the molecule is CC[C@H](C(=O)N1CC2(CC2)C[C@H]1c1ncc(-c2ccc3c(c2)C(F)(F)c2cc(Br)ccc2-3)[nH]1)C(C)C.CC[C@H](C(=O)ON1C(=O)CCC1=O)C(C)C.FC1(F)c2cc(Br)ccc2-c2ccc(-c3cnc([C@H]4CCC5(CC5)C4)[nH]3)cc21.S.S. The second-order valence-corrected chi connectivity index (χ2v) is 25.9. The molecule has 0 radical (unpaired) electrons. The molecule has 5 aliphatic carbocycles. The Labute approximate surface area is 507 Å². The van der Waals surface area contributed by atoms with Gasteiger partial charge in [-0.3, -0.25) is 14.4 Å². The number of hydroxylamine groups is 2. The van der Waals surface area contributed by atoms with Gasteiger partial charge in [-0.15, -0.1) is 5.06 Å². The second kappa shape index (κ2) is 23.3. The van der Waals surface area contributed by atoms with Crippen LogP contribution in [0.2, 0.25) is 0 Å². The van der Waals surface area contributed by atoms with Gasteiger partial charge in [-0.05, 0) is 146 Å². The predicted octanol–water partition coefficient (Wildman–Crippen LogP) is 16.2. The average molecular weight is 1290 g/mol. The number of carbonyl (C=O) groups is 4. The molecule has 19 heteroatoms. The molecule has 7 aliphatic rings. The number of amides is 3. The number of nitrogens with one attached hydrogen (secondary N) is 2. The van der Waals surface area contributed by atoms with Crippen LogP contribution < -0.4 is 0 Å². The highest BCUT2D eigenvalue weighted by atomic mass is 79.9. The third-order valence-electron chi connectivity index (χ3n) is 18.2. The van der Waals surface area contributed by atoms with Crippen molar-refractivity contribution in [3.63, 3.8) is 0 Å². The summed E-state index contributed by atoms with van der Waals surface area (Å²) in [5.41, 5.74) is 6.31. The third-order valence-corrected chi connectivity index (χ3v) is 19.1. The van der Waals surface area contributed by atoms with Crippen molar-refractivity contribution in [2.75, 3.05) is 6.54 Å². The van der Waals surface area contributed by atoms with Crippen LogP contribution in [0.5, 0.6) is 0 Å². The van der Waals surface area contributed by atoms with Crippen LogP contribution in [-0.2, 0) is 35.9 Å². The molecule has 5 fully saturated rings. The summed E-state index contributed by atoms with van der Waals surface area (Å²) in [7, 11) is 0. The fourth-order valence-electron chi connectivity index (χ4n) is 13.1. The molecule has 82 heavy (non-hydrogen) atoms. The number of benzene rings is 4. The van der Waals surface area contributed by atoms with Gasteiger partial charge in [0.05, 0.1) is 35.7 Å². The molecule has 2 spiro atoms. The van der Waals surface area contributed by atoms with E-state index in [1.807, 2.05) is 49.9 Å². The molecule has 2 aliphatic heterocycles. The molecule has 436 valence electrons. The normalized spacial score (nSPS) is 20.9. The Balaban J connectivity index is 0.000000157. The number of aromatic amines is 2. The van der Waals surface area contributed by atoms with Crippen LogP contribution >= 0.6 is 58.9 Å². The van der Waals surface area contributed by atoms with E-state index < -0.39 is 29.6 Å². The number of halogens is 6. The number of likely N-dealkylation sites (tertiary alicyclic amines) is 1. The van der Waals surface area contributed by atoms with E-state index in [1.54, 1.807) is 48.8 Å². The first-order valence-corrected chi connectivity index (χ1v) is 29.8. The van der Waals surface area contributed by atoms with Crippen molar-refractivity contribution in [1.82, 2.24) is 29.9 Å². The molecule has 3 saturated carbocycles. The van der Waals surface area contributed by atoms with Crippen LogP contribution in [0.4, 0.5) is 17.6 Å². The van der Waals surface area contributed by atoms with Gasteiger partial charge in [0.25, 0.3) is 23.7 Å². The minimum atomic E-state index is -3.06. The summed E-state index contributed by atoms with van der Waals surface area (Å²) in [6, 6.07) is 20.6. The molecule has 4 atom stereocenters. The summed E-state index contributed by atoms with van der Waals surface area (Å²) < 4.78 is 62.3. The Hall–Kier alpha value is -5.24. The van der Waals surface area contributed by atoms with Crippen molar-refractivity contribution < 1.29 is 41.6 Å². The van der Waals surface area contributed by atoms with Crippen molar-refractivity contribution >= 4 is 82.5 Å². The Bertz CT molecular complexity index is 3430. The number of hydrogen-bond acceptors (Lipinski definition) is 7. The molecule has 2 N–H and O–H groups in total. The quantitative estimate of drug-likeness (QED) is 0.0972. The molecular weight excluding hydrogens is 1220 g/mol. The molecular formula is C63H70Br2F4N6O5S2. The summed E-state index contributed by atoms with van der Waals surface area (Å²) >= 11 is 6.63. The van der Waals surface area contributed by atoms with Gasteiger partial charge < -0.3 is 19.7 Å². The van der Waals surface area contributed by atoms with Gasteiger partial charge in [-0.2, -0.15) is 44.6 Å². The number of fused-ring (bicyclic) bond motifs is 6. The number of H-pyrrole nitrogens is 2. The number of aromatic nitrogens is 4. The molecule has 0 bridgehead atoms. The van der Waals surface area contributed by atoms with Crippen molar-refractivity contribution in [2.24, 2.45) is 34.5 Å². The average Bonchev–Trinajstić information content (AvgIpc) is 3.88. The van der Waals surface area contributed by atoms with Crippen LogP contribution in [0.1, 0.15) is 164 Å². The number of hydrogen-bond donors (Lipinski definition) is 2. The van der Waals surface area contributed by atoms with Gasteiger partial charge in [0.2, 0.25) is 5.91 Å². The number of alkyl halides is 4. The molecule has 2 aromatic heterocycles. The number of rotatable bonds is 11. The van der Waals surface area contributed by atoms with Gasteiger partial charge in [0.1, 0.15) is 11.6 Å².